The number of carbonyl (C=O) groups excluding carboxylic acids is 1. The minimum absolute atomic E-state index is 0. The first-order chi connectivity index (χ1) is 10.2. The molecule has 1 saturated carbocycles. The molecule has 0 aliphatic heterocycles. The third-order valence-corrected chi connectivity index (χ3v) is 4.63. The number of hydrogen-bond donors (Lipinski definition) is 1. The Kier molecular flexibility index (Phi) is 5.61. The van der Waals surface area contributed by atoms with Crippen molar-refractivity contribution in [2.75, 3.05) is 5.75 Å². The van der Waals surface area contributed by atoms with E-state index in [0.717, 1.165) is 24.8 Å². The van der Waals surface area contributed by atoms with Gasteiger partial charge in [0.05, 0.1) is 17.0 Å². The molecule has 0 unspecified atom stereocenters. The van der Waals surface area contributed by atoms with Crippen molar-refractivity contribution < 1.29 is 9.32 Å². The van der Waals surface area contributed by atoms with Crippen LogP contribution in [-0.4, -0.2) is 21.7 Å². The zero-order valence-electron chi connectivity index (χ0n) is 12.0. The normalized spacial score (nSPS) is 15.7. The van der Waals surface area contributed by atoms with Gasteiger partial charge >= 0.3 is 0 Å². The maximum absolute atomic E-state index is 11.9. The molecule has 0 saturated heterocycles. The molecule has 1 heterocycles. The van der Waals surface area contributed by atoms with Gasteiger partial charge in [-0.05, 0) is 19.3 Å². The number of benzene rings is 1. The molecule has 2 N–H and O–H groups in total. The van der Waals surface area contributed by atoms with Gasteiger partial charge < -0.3 is 10.3 Å². The van der Waals surface area contributed by atoms with Crippen molar-refractivity contribution in [3.8, 4) is 0 Å². The molecule has 0 spiro atoms. The minimum Gasteiger partial charge on any atom is -0.338 e. The summed E-state index contributed by atoms with van der Waals surface area (Å²) in [5, 5.41) is 3.96. The van der Waals surface area contributed by atoms with Crippen LogP contribution in [0.2, 0.25) is 0 Å². The topological polar surface area (TPSA) is 82.0 Å². The van der Waals surface area contributed by atoms with Crippen molar-refractivity contribution in [2.24, 2.45) is 5.73 Å². The molecule has 0 radical (unpaired) electrons. The first kappa shape index (κ1) is 17.0. The number of aromatic nitrogens is 2. The van der Waals surface area contributed by atoms with E-state index in [2.05, 4.69) is 10.1 Å². The van der Waals surface area contributed by atoms with Crippen LogP contribution >= 0.6 is 24.2 Å². The smallest absolute Gasteiger partial charge is 0.236 e. The van der Waals surface area contributed by atoms with Crippen LogP contribution in [0, 0.1) is 0 Å². The van der Waals surface area contributed by atoms with Crippen LogP contribution in [-0.2, 0) is 11.3 Å². The highest BCUT2D eigenvalue weighted by atomic mass is 35.5. The molecular formula is C15H18ClN3O2S. The Morgan fingerprint density at radius 1 is 1.32 bits per heavy atom. The van der Waals surface area contributed by atoms with E-state index in [1.54, 1.807) is 0 Å². The van der Waals surface area contributed by atoms with E-state index in [0.29, 0.717) is 23.2 Å². The van der Waals surface area contributed by atoms with Gasteiger partial charge in [-0.25, -0.2) is 0 Å². The third-order valence-electron chi connectivity index (χ3n) is 3.71. The van der Waals surface area contributed by atoms with Gasteiger partial charge in [-0.15, -0.1) is 24.2 Å². The minimum atomic E-state index is -0.397. The average molecular weight is 340 g/mol. The Balaban J connectivity index is 0.00000176. The van der Waals surface area contributed by atoms with Crippen molar-refractivity contribution >= 4 is 30.0 Å². The fraction of sp³-hybridized carbons (Fsp3) is 0.400. The van der Waals surface area contributed by atoms with Crippen molar-refractivity contribution in [1.29, 1.82) is 0 Å². The second-order valence-electron chi connectivity index (χ2n) is 5.30. The number of nitrogens with zero attached hydrogens (tertiary/aromatic N) is 2. The number of carbonyl (C=O) groups is 1. The van der Waals surface area contributed by atoms with Crippen LogP contribution < -0.4 is 5.73 Å². The summed E-state index contributed by atoms with van der Waals surface area (Å²) in [4.78, 5) is 16.3. The number of hydrogen-bond acceptors (Lipinski definition) is 6. The van der Waals surface area contributed by atoms with E-state index in [9.17, 15) is 4.79 Å². The fourth-order valence-corrected chi connectivity index (χ4v) is 2.98. The van der Waals surface area contributed by atoms with Gasteiger partial charge in [-0.2, -0.15) is 4.98 Å². The van der Waals surface area contributed by atoms with Crippen LogP contribution in [0.4, 0.5) is 0 Å². The van der Waals surface area contributed by atoms with Crippen LogP contribution in [0.1, 0.15) is 41.3 Å². The Morgan fingerprint density at radius 2 is 2.05 bits per heavy atom. The lowest BCUT2D eigenvalue weighted by Crippen LogP contribution is -2.44. The highest BCUT2D eigenvalue weighted by Crippen LogP contribution is 2.37. The SMILES string of the molecule is Cl.NC1(c2noc(CSCC(=O)c3ccccc3)n2)CCC1. The van der Waals surface area contributed by atoms with Crippen molar-refractivity contribution in [2.45, 2.75) is 30.6 Å². The lowest BCUT2D eigenvalue weighted by Gasteiger charge is -2.34. The summed E-state index contributed by atoms with van der Waals surface area (Å²) in [6, 6.07) is 9.26. The molecule has 1 aromatic heterocycles. The average Bonchev–Trinajstić information content (AvgIpc) is 2.95. The summed E-state index contributed by atoms with van der Waals surface area (Å²) in [5.74, 6) is 2.16. The standard InChI is InChI=1S/C15H17N3O2S.ClH/c16-15(7-4-8-15)14-17-13(20-18-14)10-21-9-12(19)11-5-2-1-3-6-11;/h1-3,5-6H,4,7-10,16H2;1H. The lowest BCUT2D eigenvalue weighted by molar-refractivity contribution is 0.102. The van der Waals surface area contributed by atoms with Gasteiger partial charge in [0.15, 0.2) is 11.6 Å². The van der Waals surface area contributed by atoms with Crippen LogP contribution in [0.15, 0.2) is 34.9 Å². The maximum Gasteiger partial charge on any atom is 0.236 e. The van der Waals surface area contributed by atoms with Gasteiger partial charge in [0.25, 0.3) is 0 Å². The fourth-order valence-electron chi connectivity index (χ4n) is 2.24. The molecule has 2 aromatic rings. The molecule has 3 rings (SSSR count). The van der Waals surface area contributed by atoms with E-state index in [4.69, 9.17) is 10.3 Å². The van der Waals surface area contributed by atoms with Crippen molar-refractivity contribution in [1.82, 2.24) is 10.1 Å². The van der Waals surface area contributed by atoms with Gasteiger partial charge in [0.2, 0.25) is 5.89 Å². The molecule has 5 nitrogen and oxygen atoms in total. The summed E-state index contributed by atoms with van der Waals surface area (Å²) >= 11 is 1.47. The second kappa shape index (κ2) is 7.26. The molecule has 118 valence electrons. The van der Waals surface area contributed by atoms with Gasteiger partial charge in [0, 0.05) is 5.56 Å². The number of halogens is 1. The van der Waals surface area contributed by atoms with Crippen molar-refractivity contribution in [3.63, 3.8) is 0 Å². The molecule has 7 heteroatoms. The predicted octanol–water partition coefficient (Wildman–Crippen LogP) is 2.95. The molecule has 0 atom stereocenters. The zero-order chi connectivity index (χ0) is 14.7. The number of Topliss-reactive ketones (excluding diaryl/α,β-unsaturated/α-hetero) is 1. The zero-order valence-corrected chi connectivity index (χ0v) is 13.7. The summed E-state index contributed by atoms with van der Waals surface area (Å²) in [6.45, 7) is 0. The number of ketones is 1. The van der Waals surface area contributed by atoms with E-state index in [1.165, 1.54) is 11.8 Å². The molecule has 1 fully saturated rings. The largest absolute Gasteiger partial charge is 0.338 e. The molecular weight excluding hydrogens is 322 g/mol. The third kappa shape index (κ3) is 3.69. The summed E-state index contributed by atoms with van der Waals surface area (Å²) in [5.41, 5.74) is 6.48. The van der Waals surface area contributed by atoms with Crippen LogP contribution in [0.5, 0.6) is 0 Å². The molecule has 1 aliphatic carbocycles. The number of rotatable bonds is 6. The monoisotopic (exact) mass is 339 g/mol. The summed E-state index contributed by atoms with van der Waals surface area (Å²) in [6.07, 6.45) is 2.93. The maximum atomic E-state index is 11.9. The van der Waals surface area contributed by atoms with Gasteiger partial charge in [-0.3, -0.25) is 4.79 Å². The Morgan fingerprint density at radius 3 is 2.68 bits per heavy atom. The van der Waals surface area contributed by atoms with Gasteiger partial charge in [0.1, 0.15) is 0 Å². The second-order valence-corrected chi connectivity index (χ2v) is 6.29. The van der Waals surface area contributed by atoms with Gasteiger partial charge in [-0.1, -0.05) is 35.5 Å². The highest BCUT2D eigenvalue weighted by molar-refractivity contribution is 7.99. The van der Waals surface area contributed by atoms with E-state index in [-0.39, 0.29) is 18.2 Å². The molecule has 0 bridgehead atoms. The molecule has 0 amide bonds. The first-order valence-corrected chi connectivity index (χ1v) is 8.11. The molecule has 1 aromatic carbocycles. The van der Waals surface area contributed by atoms with Crippen LogP contribution in [0.25, 0.3) is 0 Å². The predicted molar refractivity (Wildman–Crippen MR) is 88.2 cm³/mol. The quantitative estimate of drug-likeness (QED) is 0.815. The van der Waals surface area contributed by atoms with E-state index < -0.39 is 5.54 Å². The molecule has 22 heavy (non-hydrogen) atoms. The summed E-state index contributed by atoms with van der Waals surface area (Å²) < 4.78 is 5.20. The number of thioether (sulfide) groups is 1. The first-order valence-electron chi connectivity index (χ1n) is 6.95. The Bertz CT molecular complexity index is 629. The highest BCUT2D eigenvalue weighted by Gasteiger charge is 2.38. The van der Waals surface area contributed by atoms with E-state index in [1.807, 2.05) is 30.3 Å². The van der Waals surface area contributed by atoms with Crippen molar-refractivity contribution in [3.05, 3.63) is 47.6 Å². The summed E-state index contributed by atoms with van der Waals surface area (Å²) in [7, 11) is 0. The van der Waals surface area contributed by atoms with Crippen LogP contribution in [0.3, 0.4) is 0 Å². The molecule has 1 aliphatic rings. The number of nitrogens with two attached hydrogens (primary N) is 1. The Hall–Kier alpha value is -1.37. The van der Waals surface area contributed by atoms with E-state index >= 15 is 0 Å². The Labute approximate surface area is 139 Å². The lowest BCUT2D eigenvalue weighted by atomic mass is 9.77.